The zero-order valence-electron chi connectivity index (χ0n) is 12.5. The SMILES string of the molecule is CCC(C)Oc1cc(C(=O)NCc2ncccc2F)ccn1. The van der Waals surface area contributed by atoms with Crippen LogP contribution in [0.1, 0.15) is 36.3 Å². The van der Waals surface area contributed by atoms with Crippen LogP contribution in [0, 0.1) is 5.82 Å². The van der Waals surface area contributed by atoms with E-state index in [0.29, 0.717) is 11.4 Å². The summed E-state index contributed by atoms with van der Waals surface area (Å²) in [4.78, 5) is 20.0. The second-order valence-electron chi connectivity index (χ2n) is 4.83. The number of hydrogen-bond donors (Lipinski definition) is 1. The Kier molecular flexibility index (Phi) is 5.41. The summed E-state index contributed by atoms with van der Waals surface area (Å²) in [5.74, 6) is -0.384. The van der Waals surface area contributed by atoms with Crippen molar-refractivity contribution >= 4 is 5.91 Å². The van der Waals surface area contributed by atoms with E-state index in [1.54, 1.807) is 12.1 Å². The van der Waals surface area contributed by atoms with Gasteiger partial charge in [0, 0.05) is 24.0 Å². The molecule has 2 rings (SSSR count). The van der Waals surface area contributed by atoms with Crippen LogP contribution in [0.3, 0.4) is 0 Å². The lowest BCUT2D eigenvalue weighted by Crippen LogP contribution is -2.24. The van der Waals surface area contributed by atoms with Gasteiger partial charge in [0.05, 0.1) is 18.3 Å². The summed E-state index contributed by atoms with van der Waals surface area (Å²) in [6, 6.07) is 5.95. The third-order valence-corrected chi connectivity index (χ3v) is 3.14. The molecule has 5 nitrogen and oxygen atoms in total. The Morgan fingerprint density at radius 2 is 2.18 bits per heavy atom. The standard InChI is InChI=1S/C16H18FN3O2/c1-3-11(2)22-15-9-12(6-8-19-15)16(21)20-10-14-13(17)5-4-7-18-14/h4-9,11H,3,10H2,1-2H3,(H,20,21). The summed E-state index contributed by atoms with van der Waals surface area (Å²) >= 11 is 0. The Balaban J connectivity index is 2.00. The monoisotopic (exact) mass is 303 g/mol. The lowest BCUT2D eigenvalue weighted by atomic mass is 10.2. The molecule has 22 heavy (non-hydrogen) atoms. The summed E-state index contributed by atoms with van der Waals surface area (Å²) in [6.45, 7) is 3.95. The van der Waals surface area contributed by atoms with Crippen LogP contribution >= 0.6 is 0 Å². The normalized spacial score (nSPS) is 11.8. The van der Waals surface area contributed by atoms with Crippen molar-refractivity contribution in [1.29, 1.82) is 0 Å². The molecule has 1 atom stereocenters. The molecule has 116 valence electrons. The number of pyridine rings is 2. The Bertz CT molecular complexity index is 649. The molecule has 2 aromatic heterocycles. The van der Waals surface area contributed by atoms with Crippen LogP contribution in [-0.2, 0) is 6.54 Å². The first-order valence-corrected chi connectivity index (χ1v) is 7.10. The van der Waals surface area contributed by atoms with Gasteiger partial charge in [-0.15, -0.1) is 0 Å². The summed E-state index contributed by atoms with van der Waals surface area (Å²) in [6.07, 6.45) is 3.86. The number of carbonyl (C=O) groups excluding carboxylic acids is 1. The van der Waals surface area contributed by atoms with E-state index in [4.69, 9.17) is 4.74 Å². The molecular weight excluding hydrogens is 285 g/mol. The molecular formula is C16H18FN3O2. The number of hydrogen-bond acceptors (Lipinski definition) is 4. The van der Waals surface area contributed by atoms with E-state index in [9.17, 15) is 9.18 Å². The number of rotatable bonds is 6. The predicted octanol–water partition coefficient (Wildman–Crippen LogP) is 2.72. The third kappa shape index (κ3) is 4.25. The lowest BCUT2D eigenvalue weighted by Gasteiger charge is -2.12. The maximum Gasteiger partial charge on any atom is 0.251 e. The topological polar surface area (TPSA) is 64.1 Å². The van der Waals surface area contributed by atoms with E-state index in [1.807, 2.05) is 13.8 Å². The van der Waals surface area contributed by atoms with Gasteiger partial charge in [-0.3, -0.25) is 9.78 Å². The number of nitrogens with one attached hydrogen (secondary N) is 1. The lowest BCUT2D eigenvalue weighted by molar-refractivity contribution is 0.0949. The second kappa shape index (κ2) is 7.49. The predicted molar refractivity (Wildman–Crippen MR) is 80.0 cm³/mol. The molecule has 0 aliphatic heterocycles. The van der Waals surface area contributed by atoms with E-state index >= 15 is 0 Å². The molecule has 0 spiro atoms. The largest absolute Gasteiger partial charge is 0.475 e. The minimum absolute atomic E-state index is 0.0217. The molecule has 1 amide bonds. The number of carbonyl (C=O) groups is 1. The van der Waals surface area contributed by atoms with Crippen LogP contribution < -0.4 is 10.1 Å². The fourth-order valence-corrected chi connectivity index (χ4v) is 1.72. The first-order valence-electron chi connectivity index (χ1n) is 7.10. The number of ether oxygens (including phenoxy) is 1. The maximum atomic E-state index is 13.4. The van der Waals surface area contributed by atoms with Gasteiger partial charge in [-0.2, -0.15) is 0 Å². The molecule has 0 fully saturated rings. The van der Waals surface area contributed by atoms with E-state index < -0.39 is 5.82 Å². The molecule has 2 heterocycles. The summed E-state index contributed by atoms with van der Waals surface area (Å²) < 4.78 is 19.0. The third-order valence-electron chi connectivity index (χ3n) is 3.14. The van der Waals surface area contributed by atoms with Gasteiger partial charge < -0.3 is 10.1 Å². The van der Waals surface area contributed by atoms with E-state index in [1.165, 1.54) is 24.5 Å². The molecule has 1 N–H and O–H groups in total. The molecule has 1 unspecified atom stereocenters. The Hall–Kier alpha value is -2.50. The molecule has 6 heteroatoms. The van der Waals surface area contributed by atoms with Crippen LogP contribution in [0.5, 0.6) is 5.88 Å². The molecule has 0 aromatic carbocycles. The van der Waals surface area contributed by atoms with E-state index in [0.717, 1.165) is 6.42 Å². The summed E-state index contributed by atoms with van der Waals surface area (Å²) in [5.41, 5.74) is 0.602. The summed E-state index contributed by atoms with van der Waals surface area (Å²) in [7, 11) is 0. The number of aromatic nitrogens is 2. The van der Waals surface area contributed by atoms with Gasteiger partial charge in [0.2, 0.25) is 5.88 Å². The van der Waals surface area contributed by atoms with Crippen molar-refractivity contribution in [2.45, 2.75) is 32.9 Å². The van der Waals surface area contributed by atoms with Crippen molar-refractivity contribution in [2.24, 2.45) is 0 Å². The van der Waals surface area contributed by atoms with Gasteiger partial charge in [0.25, 0.3) is 5.91 Å². The minimum atomic E-state index is -0.446. The quantitative estimate of drug-likeness (QED) is 0.891. The number of amides is 1. The molecule has 2 aromatic rings. The van der Waals surface area contributed by atoms with Crippen molar-refractivity contribution in [3.8, 4) is 5.88 Å². The smallest absolute Gasteiger partial charge is 0.251 e. The molecule has 0 bridgehead atoms. The van der Waals surface area contributed by atoms with Crippen LogP contribution in [0.2, 0.25) is 0 Å². The van der Waals surface area contributed by atoms with Crippen molar-refractivity contribution in [3.63, 3.8) is 0 Å². The highest BCUT2D eigenvalue weighted by molar-refractivity contribution is 5.94. The first kappa shape index (κ1) is 15.9. The van der Waals surface area contributed by atoms with Crippen molar-refractivity contribution < 1.29 is 13.9 Å². The highest BCUT2D eigenvalue weighted by Crippen LogP contribution is 2.12. The average Bonchev–Trinajstić information content (AvgIpc) is 2.54. The van der Waals surface area contributed by atoms with Crippen molar-refractivity contribution in [2.75, 3.05) is 0 Å². The highest BCUT2D eigenvalue weighted by atomic mass is 19.1. The maximum absolute atomic E-state index is 13.4. The Morgan fingerprint density at radius 3 is 2.91 bits per heavy atom. The van der Waals surface area contributed by atoms with Gasteiger partial charge in [0.15, 0.2) is 0 Å². The fourth-order valence-electron chi connectivity index (χ4n) is 1.72. The van der Waals surface area contributed by atoms with Crippen LogP contribution in [-0.4, -0.2) is 22.0 Å². The minimum Gasteiger partial charge on any atom is -0.475 e. The second-order valence-corrected chi connectivity index (χ2v) is 4.83. The van der Waals surface area contributed by atoms with E-state index in [2.05, 4.69) is 15.3 Å². The van der Waals surface area contributed by atoms with Crippen LogP contribution in [0.15, 0.2) is 36.7 Å². The summed E-state index contributed by atoms with van der Waals surface area (Å²) in [5, 5.41) is 2.63. The molecule has 0 aliphatic carbocycles. The molecule has 0 radical (unpaired) electrons. The van der Waals surface area contributed by atoms with Gasteiger partial charge in [-0.05, 0) is 31.5 Å². The fraction of sp³-hybridized carbons (Fsp3) is 0.312. The average molecular weight is 303 g/mol. The number of nitrogens with zero attached hydrogens (tertiary/aromatic N) is 2. The number of halogens is 1. The zero-order chi connectivity index (χ0) is 15.9. The Labute approximate surface area is 128 Å². The molecule has 0 saturated heterocycles. The van der Waals surface area contributed by atoms with Crippen molar-refractivity contribution in [3.05, 3.63) is 53.7 Å². The first-order chi connectivity index (χ1) is 10.6. The molecule has 0 aliphatic rings. The van der Waals surface area contributed by atoms with Gasteiger partial charge in [0.1, 0.15) is 5.82 Å². The van der Waals surface area contributed by atoms with Gasteiger partial charge in [-0.25, -0.2) is 9.37 Å². The van der Waals surface area contributed by atoms with Gasteiger partial charge in [-0.1, -0.05) is 6.92 Å². The van der Waals surface area contributed by atoms with E-state index in [-0.39, 0.29) is 24.2 Å². The highest BCUT2D eigenvalue weighted by Gasteiger charge is 2.10. The Morgan fingerprint density at radius 1 is 1.36 bits per heavy atom. The van der Waals surface area contributed by atoms with Gasteiger partial charge >= 0.3 is 0 Å². The van der Waals surface area contributed by atoms with Crippen molar-refractivity contribution in [1.82, 2.24) is 15.3 Å². The zero-order valence-corrected chi connectivity index (χ0v) is 12.5. The van der Waals surface area contributed by atoms with Crippen LogP contribution in [0.25, 0.3) is 0 Å². The van der Waals surface area contributed by atoms with Crippen LogP contribution in [0.4, 0.5) is 4.39 Å². The molecule has 0 saturated carbocycles.